The molecule has 2 rings (SSSR count). The van der Waals surface area contributed by atoms with E-state index in [1.807, 2.05) is 16.8 Å². The van der Waals surface area contributed by atoms with Crippen LogP contribution in [-0.2, 0) is 0 Å². The molecule has 1 atom stereocenters. The quantitative estimate of drug-likeness (QED) is 0.691. The van der Waals surface area contributed by atoms with Crippen LogP contribution in [0.25, 0.3) is 0 Å². The van der Waals surface area contributed by atoms with E-state index < -0.39 is 0 Å². The number of rotatable bonds is 3. The van der Waals surface area contributed by atoms with Gasteiger partial charge in [0.15, 0.2) is 0 Å². The van der Waals surface area contributed by atoms with Crippen LogP contribution in [0.3, 0.4) is 0 Å². The molecule has 2 aromatic rings. The van der Waals surface area contributed by atoms with E-state index in [0.717, 1.165) is 11.1 Å². The van der Waals surface area contributed by atoms with Crippen LogP contribution in [0.4, 0.5) is 0 Å². The molecule has 0 aliphatic heterocycles. The summed E-state index contributed by atoms with van der Waals surface area (Å²) in [5.41, 5.74) is 1.80. The predicted molar refractivity (Wildman–Crippen MR) is 75.0 cm³/mol. The zero-order valence-electron chi connectivity index (χ0n) is 8.91. The van der Waals surface area contributed by atoms with E-state index >= 15 is 0 Å². The summed E-state index contributed by atoms with van der Waals surface area (Å²) in [5, 5.41) is 4.73. The monoisotopic (exact) mass is 306 g/mol. The highest BCUT2D eigenvalue weighted by molar-refractivity contribution is 7.08. The van der Waals surface area contributed by atoms with E-state index in [-0.39, 0.29) is 5.38 Å². The van der Waals surface area contributed by atoms with Crippen molar-refractivity contribution in [2.45, 2.75) is 5.38 Å². The van der Waals surface area contributed by atoms with Gasteiger partial charge in [-0.15, -0.1) is 11.6 Å². The van der Waals surface area contributed by atoms with Crippen LogP contribution in [0.15, 0.2) is 29.0 Å². The number of alkyl halides is 1. The van der Waals surface area contributed by atoms with E-state index in [1.165, 1.54) is 0 Å². The second kappa shape index (κ2) is 5.49. The minimum Gasteiger partial charge on any atom is -0.495 e. The average molecular weight is 308 g/mol. The zero-order chi connectivity index (χ0) is 12.4. The second-order valence-electron chi connectivity index (χ2n) is 3.43. The highest BCUT2D eigenvalue weighted by Crippen LogP contribution is 2.39. The number of hydrogen-bond donors (Lipinski definition) is 0. The fourth-order valence-electron chi connectivity index (χ4n) is 1.49. The van der Waals surface area contributed by atoms with Crippen LogP contribution in [0.5, 0.6) is 5.75 Å². The number of ether oxygens (including phenoxy) is 1. The molecule has 90 valence electrons. The van der Waals surface area contributed by atoms with Crippen LogP contribution in [0.1, 0.15) is 16.5 Å². The summed E-state index contributed by atoms with van der Waals surface area (Å²) in [6.07, 6.45) is 0. The molecule has 0 saturated heterocycles. The lowest BCUT2D eigenvalue weighted by Gasteiger charge is -2.13. The van der Waals surface area contributed by atoms with Crippen LogP contribution < -0.4 is 4.74 Å². The van der Waals surface area contributed by atoms with Gasteiger partial charge in [0, 0.05) is 11.1 Å². The van der Waals surface area contributed by atoms with Gasteiger partial charge < -0.3 is 4.74 Å². The Balaban J connectivity index is 2.42. The van der Waals surface area contributed by atoms with Gasteiger partial charge in [-0.25, -0.2) is 0 Å². The molecule has 0 spiro atoms. The Kier molecular flexibility index (Phi) is 4.21. The normalized spacial score (nSPS) is 12.5. The summed E-state index contributed by atoms with van der Waals surface area (Å²) in [7, 11) is 1.55. The first kappa shape index (κ1) is 13.0. The minimum absolute atomic E-state index is 0.294. The van der Waals surface area contributed by atoms with Crippen molar-refractivity contribution in [3.05, 3.63) is 50.1 Å². The maximum Gasteiger partial charge on any atom is 0.138 e. The summed E-state index contributed by atoms with van der Waals surface area (Å²) >= 11 is 20.2. The van der Waals surface area contributed by atoms with Crippen molar-refractivity contribution in [1.82, 2.24) is 0 Å². The average Bonchev–Trinajstić information content (AvgIpc) is 2.84. The Bertz CT molecular complexity index is 511. The number of hydrogen-bond acceptors (Lipinski definition) is 2. The van der Waals surface area contributed by atoms with Gasteiger partial charge in [-0.1, -0.05) is 23.2 Å². The van der Waals surface area contributed by atoms with Crippen molar-refractivity contribution in [1.29, 1.82) is 0 Å². The fraction of sp³-hybridized carbons (Fsp3) is 0.167. The standard InChI is InChI=1S/C12H9Cl3OS/c1-16-11-5-9(13)8(4-10(11)14)12(15)7-2-3-17-6-7/h2-6,12H,1H3. The smallest absolute Gasteiger partial charge is 0.138 e. The molecule has 1 aromatic heterocycles. The second-order valence-corrected chi connectivity index (χ2v) is 5.46. The molecule has 0 aliphatic carbocycles. The maximum atomic E-state index is 6.37. The van der Waals surface area contributed by atoms with Gasteiger partial charge in [0.25, 0.3) is 0 Å². The molecule has 0 amide bonds. The Morgan fingerprint density at radius 2 is 2.00 bits per heavy atom. The third-order valence-electron chi connectivity index (χ3n) is 2.38. The van der Waals surface area contributed by atoms with Gasteiger partial charge in [0.1, 0.15) is 5.75 Å². The third-order valence-corrected chi connectivity index (χ3v) is 4.19. The Labute approximate surface area is 119 Å². The molecule has 0 N–H and O–H groups in total. The molecule has 1 unspecified atom stereocenters. The summed E-state index contributed by atoms with van der Waals surface area (Å²) in [5.74, 6) is 0.551. The predicted octanol–water partition coefficient (Wildman–Crippen LogP) is 5.39. The highest BCUT2D eigenvalue weighted by Gasteiger charge is 2.17. The van der Waals surface area contributed by atoms with Gasteiger partial charge >= 0.3 is 0 Å². The van der Waals surface area contributed by atoms with Gasteiger partial charge in [0.2, 0.25) is 0 Å². The molecular formula is C12H9Cl3OS. The fourth-order valence-corrected chi connectivity index (χ4v) is 3.14. The first-order chi connectivity index (χ1) is 8.13. The third kappa shape index (κ3) is 2.71. The summed E-state index contributed by atoms with van der Waals surface area (Å²) < 4.78 is 5.09. The summed E-state index contributed by atoms with van der Waals surface area (Å²) in [6.45, 7) is 0. The lowest BCUT2D eigenvalue weighted by atomic mass is 10.1. The van der Waals surface area contributed by atoms with Gasteiger partial charge in [0.05, 0.1) is 17.5 Å². The Morgan fingerprint density at radius 1 is 1.24 bits per heavy atom. The van der Waals surface area contributed by atoms with Crippen LogP contribution >= 0.6 is 46.1 Å². The van der Waals surface area contributed by atoms with Crippen LogP contribution in [-0.4, -0.2) is 7.11 Å². The molecule has 0 radical (unpaired) electrons. The molecule has 1 aromatic carbocycles. The van der Waals surface area contributed by atoms with Crippen molar-refractivity contribution in [3.63, 3.8) is 0 Å². The SMILES string of the molecule is COc1cc(Cl)c(C(Cl)c2ccsc2)cc1Cl. The van der Waals surface area contributed by atoms with Crippen molar-refractivity contribution in [2.75, 3.05) is 7.11 Å². The van der Waals surface area contributed by atoms with E-state index in [1.54, 1.807) is 30.6 Å². The van der Waals surface area contributed by atoms with Crippen molar-refractivity contribution in [2.24, 2.45) is 0 Å². The van der Waals surface area contributed by atoms with E-state index in [2.05, 4.69) is 0 Å². The number of benzene rings is 1. The van der Waals surface area contributed by atoms with Crippen molar-refractivity contribution >= 4 is 46.1 Å². The van der Waals surface area contributed by atoms with Gasteiger partial charge in [-0.3, -0.25) is 0 Å². The molecule has 0 saturated carbocycles. The lowest BCUT2D eigenvalue weighted by Crippen LogP contribution is -1.94. The molecule has 0 aliphatic rings. The molecule has 0 fully saturated rings. The highest BCUT2D eigenvalue weighted by atomic mass is 35.5. The number of halogens is 3. The number of thiophene rings is 1. The lowest BCUT2D eigenvalue weighted by molar-refractivity contribution is 0.415. The van der Waals surface area contributed by atoms with E-state index in [9.17, 15) is 0 Å². The minimum atomic E-state index is -0.294. The molecule has 1 heterocycles. The molecule has 17 heavy (non-hydrogen) atoms. The Hall–Kier alpha value is -0.410. The Morgan fingerprint density at radius 3 is 2.59 bits per heavy atom. The first-order valence-electron chi connectivity index (χ1n) is 4.82. The summed E-state index contributed by atoms with van der Waals surface area (Å²) in [6, 6.07) is 5.40. The molecule has 5 heteroatoms. The van der Waals surface area contributed by atoms with Crippen molar-refractivity contribution in [3.8, 4) is 5.75 Å². The van der Waals surface area contributed by atoms with Gasteiger partial charge in [-0.2, -0.15) is 11.3 Å². The first-order valence-corrected chi connectivity index (χ1v) is 6.96. The number of methoxy groups -OCH3 is 1. The van der Waals surface area contributed by atoms with Crippen molar-refractivity contribution < 1.29 is 4.74 Å². The van der Waals surface area contributed by atoms with Gasteiger partial charge in [-0.05, 0) is 34.0 Å². The zero-order valence-corrected chi connectivity index (χ0v) is 12.0. The van der Waals surface area contributed by atoms with Crippen LogP contribution in [0, 0.1) is 0 Å². The molecular weight excluding hydrogens is 299 g/mol. The summed E-state index contributed by atoms with van der Waals surface area (Å²) in [4.78, 5) is 0. The molecule has 1 nitrogen and oxygen atoms in total. The van der Waals surface area contributed by atoms with Crippen LogP contribution in [0.2, 0.25) is 10.0 Å². The topological polar surface area (TPSA) is 9.23 Å². The van der Waals surface area contributed by atoms with E-state index in [0.29, 0.717) is 15.8 Å². The van der Waals surface area contributed by atoms with E-state index in [4.69, 9.17) is 39.5 Å². The molecule has 0 bridgehead atoms. The largest absolute Gasteiger partial charge is 0.495 e. The maximum absolute atomic E-state index is 6.37.